The van der Waals surface area contributed by atoms with Crippen LogP contribution in [0.5, 0.6) is 5.75 Å². The molecule has 4 heteroatoms. The van der Waals surface area contributed by atoms with Crippen molar-refractivity contribution >= 4 is 16.7 Å². The first-order valence-electron chi connectivity index (χ1n) is 11.9. The number of benzene rings is 2. The molecule has 31 heavy (non-hydrogen) atoms. The highest BCUT2D eigenvalue weighted by molar-refractivity contribution is 5.84. The number of aliphatic carboxylic acids is 1. The zero-order chi connectivity index (χ0) is 22.0. The van der Waals surface area contributed by atoms with Crippen molar-refractivity contribution in [1.82, 2.24) is 4.90 Å². The summed E-state index contributed by atoms with van der Waals surface area (Å²) in [5.41, 5.74) is 1.69. The van der Waals surface area contributed by atoms with Crippen LogP contribution < -0.4 is 4.74 Å². The van der Waals surface area contributed by atoms with Gasteiger partial charge in [0.15, 0.2) is 0 Å². The number of hydrogen-bond donors (Lipinski definition) is 1. The van der Waals surface area contributed by atoms with Gasteiger partial charge in [0.05, 0.1) is 12.0 Å². The van der Waals surface area contributed by atoms with Gasteiger partial charge in [-0.25, -0.2) is 0 Å². The summed E-state index contributed by atoms with van der Waals surface area (Å²) in [5.74, 6) is 0.966. The van der Waals surface area contributed by atoms with Crippen LogP contribution in [0.3, 0.4) is 0 Å². The quantitative estimate of drug-likeness (QED) is 0.629. The van der Waals surface area contributed by atoms with E-state index in [1.165, 1.54) is 29.2 Å². The number of nitrogens with zero attached hydrogens (tertiary/aromatic N) is 1. The average Bonchev–Trinajstić information content (AvgIpc) is 2.74. The monoisotopic (exact) mass is 423 g/mol. The van der Waals surface area contributed by atoms with Crippen molar-refractivity contribution in [3.05, 3.63) is 42.0 Å². The van der Waals surface area contributed by atoms with Crippen LogP contribution in [0.4, 0.5) is 0 Å². The van der Waals surface area contributed by atoms with Crippen LogP contribution in [0.15, 0.2) is 36.4 Å². The Morgan fingerprint density at radius 1 is 0.968 bits per heavy atom. The fourth-order valence-electron chi connectivity index (χ4n) is 5.28. The molecule has 0 amide bonds. The standard InChI is InChI=1S/C27H37NO3/c1-27(2,3)23-7-10-24(11-8-23)31-25-9-6-21-16-19(4-5-22(21)17-25)18-28-14-12-20(13-15-28)26(29)30/h4-6,9,16-17,20,23-24H,7-8,10-15,18H2,1-3H3,(H,29,30). The van der Waals surface area contributed by atoms with Crippen LogP contribution >= 0.6 is 0 Å². The van der Waals surface area contributed by atoms with E-state index in [4.69, 9.17) is 4.74 Å². The highest BCUT2D eigenvalue weighted by Gasteiger charge is 2.30. The van der Waals surface area contributed by atoms with E-state index in [0.29, 0.717) is 11.5 Å². The van der Waals surface area contributed by atoms with E-state index < -0.39 is 5.97 Å². The fourth-order valence-corrected chi connectivity index (χ4v) is 5.28. The first kappa shape index (κ1) is 22.1. The molecule has 1 N–H and O–H groups in total. The molecule has 0 atom stereocenters. The molecule has 4 nitrogen and oxygen atoms in total. The second kappa shape index (κ2) is 9.20. The Balaban J connectivity index is 1.34. The lowest BCUT2D eigenvalue weighted by Crippen LogP contribution is -2.35. The molecule has 1 aliphatic carbocycles. The second-order valence-electron chi connectivity index (χ2n) is 10.7. The summed E-state index contributed by atoms with van der Waals surface area (Å²) >= 11 is 0. The Morgan fingerprint density at radius 2 is 1.61 bits per heavy atom. The Bertz CT molecular complexity index is 900. The maximum absolute atomic E-state index is 11.1. The molecule has 0 aromatic heterocycles. The van der Waals surface area contributed by atoms with Gasteiger partial charge in [-0.15, -0.1) is 0 Å². The summed E-state index contributed by atoms with van der Waals surface area (Å²) in [6, 6.07) is 13.1. The Labute approximate surface area is 186 Å². The van der Waals surface area contributed by atoms with Crippen molar-refractivity contribution in [1.29, 1.82) is 0 Å². The molecule has 1 saturated carbocycles. The van der Waals surface area contributed by atoms with Crippen molar-refractivity contribution < 1.29 is 14.6 Å². The van der Waals surface area contributed by atoms with E-state index in [0.717, 1.165) is 57.0 Å². The number of fused-ring (bicyclic) bond motifs is 1. The molecule has 2 aromatic rings. The fraction of sp³-hybridized carbons (Fsp3) is 0.593. The Morgan fingerprint density at radius 3 is 2.26 bits per heavy atom. The zero-order valence-corrected chi connectivity index (χ0v) is 19.3. The minimum Gasteiger partial charge on any atom is -0.490 e. The van der Waals surface area contributed by atoms with Gasteiger partial charge >= 0.3 is 5.97 Å². The summed E-state index contributed by atoms with van der Waals surface area (Å²) < 4.78 is 6.35. The van der Waals surface area contributed by atoms with Crippen LogP contribution in [0, 0.1) is 17.3 Å². The lowest BCUT2D eigenvalue weighted by Gasteiger charge is -2.37. The van der Waals surface area contributed by atoms with E-state index in [2.05, 4.69) is 62.1 Å². The van der Waals surface area contributed by atoms with E-state index in [1.54, 1.807) is 0 Å². The molecule has 168 valence electrons. The average molecular weight is 424 g/mol. The van der Waals surface area contributed by atoms with Gasteiger partial charge in [-0.05, 0) is 97.5 Å². The molecule has 1 saturated heterocycles. The first-order valence-corrected chi connectivity index (χ1v) is 11.9. The van der Waals surface area contributed by atoms with Crippen LogP contribution in [0.25, 0.3) is 10.8 Å². The van der Waals surface area contributed by atoms with Gasteiger partial charge in [-0.3, -0.25) is 9.69 Å². The number of piperidine rings is 1. The molecule has 2 aliphatic rings. The summed E-state index contributed by atoms with van der Waals surface area (Å²) in [7, 11) is 0. The van der Waals surface area contributed by atoms with Crippen molar-refractivity contribution in [3.8, 4) is 5.75 Å². The number of hydrogen-bond acceptors (Lipinski definition) is 3. The third kappa shape index (κ3) is 5.60. The lowest BCUT2D eigenvalue weighted by molar-refractivity contribution is -0.143. The van der Waals surface area contributed by atoms with Crippen LogP contribution in [-0.2, 0) is 11.3 Å². The van der Waals surface area contributed by atoms with Crippen molar-refractivity contribution in [3.63, 3.8) is 0 Å². The minimum atomic E-state index is -0.648. The molecule has 1 aliphatic heterocycles. The summed E-state index contributed by atoms with van der Waals surface area (Å²) in [4.78, 5) is 13.5. The Kier molecular flexibility index (Phi) is 6.57. The maximum atomic E-state index is 11.1. The highest BCUT2D eigenvalue weighted by Crippen LogP contribution is 2.39. The minimum absolute atomic E-state index is 0.171. The number of carboxylic acid groups (broad SMARTS) is 1. The summed E-state index contributed by atoms with van der Waals surface area (Å²) in [5, 5.41) is 11.6. The molecule has 2 aromatic carbocycles. The van der Waals surface area contributed by atoms with Gasteiger partial charge in [0.1, 0.15) is 5.75 Å². The third-order valence-corrected chi connectivity index (χ3v) is 7.42. The molecule has 0 radical (unpaired) electrons. The molecule has 0 spiro atoms. The van der Waals surface area contributed by atoms with Gasteiger partial charge in [0.25, 0.3) is 0 Å². The molecule has 2 fully saturated rings. The SMILES string of the molecule is CC(C)(C)C1CCC(Oc2ccc3cc(CN4CCC(C(=O)O)CC4)ccc3c2)CC1. The lowest BCUT2D eigenvalue weighted by atomic mass is 9.72. The number of carboxylic acids is 1. The Hall–Kier alpha value is -2.07. The first-order chi connectivity index (χ1) is 14.8. The molecule has 0 bridgehead atoms. The van der Waals surface area contributed by atoms with E-state index in [-0.39, 0.29) is 5.92 Å². The number of rotatable bonds is 5. The summed E-state index contributed by atoms with van der Waals surface area (Å²) in [6.45, 7) is 9.67. The van der Waals surface area contributed by atoms with E-state index in [1.807, 2.05) is 0 Å². The van der Waals surface area contributed by atoms with Crippen molar-refractivity contribution in [2.24, 2.45) is 17.3 Å². The van der Waals surface area contributed by atoms with Crippen LogP contribution in [0.2, 0.25) is 0 Å². The number of ether oxygens (including phenoxy) is 1. The predicted molar refractivity (Wildman–Crippen MR) is 125 cm³/mol. The molecule has 4 rings (SSSR count). The zero-order valence-electron chi connectivity index (χ0n) is 19.3. The highest BCUT2D eigenvalue weighted by atomic mass is 16.5. The smallest absolute Gasteiger partial charge is 0.306 e. The topological polar surface area (TPSA) is 49.8 Å². The van der Waals surface area contributed by atoms with Gasteiger partial charge in [0, 0.05) is 6.54 Å². The molecular weight excluding hydrogens is 386 g/mol. The predicted octanol–water partition coefficient (Wildman–Crippen LogP) is 6.12. The largest absolute Gasteiger partial charge is 0.490 e. The third-order valence-electron chi connectivity index (χ3n) is 7.42. The van der Waals surface area contributed by atoms with Crippen molar-refractivity contribution in [2.45, 2.75) is 71.9 Å². The number of carbonyl (C=O) groups is 1. The second-order valence-corrected chi connectivity index (χ2v) is 10.7. The molecule has 1 heterocycles. The maximum Gasteiger partial charge on any atom is 0.306 e. The summed E-state index contributed by atoms with van der Waals surface area (Å²) in [6.07, 6.45) is 6.66. The van der Waals surface area contributed by atoms with E-state index >= 15 is 0 Å². The van der Waals surface area contributed by atoms with Crippen LogP contribution in [-0.4, -0.2) is 35.2 Å². The molecular formula is C27H37NO3. The van der Waals surface area contributed by atoms with Crippen molar-refractivity contribution in [2.75, 3.05) is 13.1 Å². The van der Waals surface area contributed by atoms with Gasteiger partial charge in [-0.1, -0.05) is 39.0 Å². The van der Waals surface area contributed by atoms with E-state index in [9.17, 15) is 9.90 Å². The van der Waals surface area contributed by atoms with Gasteiger partial charge in [0.2, 0.25) is 0 Å². The van der Waals surface area contributed by atoms with Gasteiger partial charge in [-0.2, -0.15) is 0 Å². The number of likely N-dealkylation sites (tertiary alicyclic amines) is 1. The molecule has 0 unspecified atom stereocenters. The van der Waals surface area contributed by atoms with Crippen LogP contribution in [0.1, 0.15) is 64.9 Å². The normalized spacial score (nSPS) is 23.7. The van der Waals surface area contributed by atoms with Gasteiger partial charge < -0.3 is 9.84 Å².